The Morgan fingerprint density at radius 1 is 0.811 bits per heavy atom. The van der Waals surface area contributed by atoms with Crippen LogP contribution in [0.25, 0.3) is 0 Å². The first kappa shape index (κ1) is 39.2. The zero-order chi connectivity index (χ0) is 37.9. The van der Waals surface area contributed by atoms with Crippen molar-refractivity contribution < 1.29 is 28.5 Å². The van der Waals surface area contributed by atoms with Gasteiger partial charge in [0.1, 0.15) is 13.2 Å². The van der Waals surface area contributed by atoms with Crippen molar-refractivity contribution in [3.8, 4) is 23.0 Å². The van der Waals surface area contributed by atoms with Gasteiger partial charge < -0.3 is 33.6 Å². The minimum absolute atomic E-state index is 0.0128. The van der Waals surface area contributed by atoms with Gasteiger partial charge in [0.15, 0.2) is 23.0 Å². The SMILES string of the molecule is C=CC1CCCN1C(=O)c1cc(OC)c(OCc2cc(COc3ccc(C(=O)N4CCCC4C=NC)cc3OC)cc(N(CCC)CCC)c2)cc1C. The first-order valence-electron chi connectivity index (χ1n) is 18.9. The lowest BCUT2D eigenvalue weighted by atomic mass is 10.1. The summed E-state index contributed by atoms with van der Waals surface area (Å²) in [4.78, 5) is 37.2. The molecule has 2 atom stereocenters. The van der Waals surface area contributed by atoms with Crippen LogP contribution in [0.1, 0.15) is 89.8 Å². The van der Waals surface area contributed by atoms with Crippen molar-refractivity contribution in [2.75, 3.05) is 52.3 Å². The van der Waals surface area contributed by atoms with Crippen molar-refractivity contribution in [3.63, 3.8) is 0 Å². The number of likely N-dealkylation sites (tertiary alicyclic amines) is 2. The fraction of sp³-hybridized carbons (Fsp3) is 0.465. The van der Waals surface area contributed by atoms with E-state index in [0.29, 0.717) is 53.9 Å². The molecule has 2 unspecified atom stereocenters. The molecule has 0 radical (unpaired) electrons. The van der Waals surface area contributed by atoms with Crippen LogP contribution in [0, 0.1) is 6.92 Å². The summed E-state index contributed by atoms with van der Waals surface area (Å²) in [6, 6.07) is 15.5. The van der Waals surface area contributed by atoms with Gasteiger partial charge in [-0.05, 0) is 111 Å². The van der Waals surface area contributed by atoms with Crippen LogP contribution in [0.3, 0.4) is 0 Å². The number of aliphatic imine (C=N–C) groups is 1. The third-order valence-electron chi connectivity index (χ3n) is 10.0. The summed E-state index contributed by atoms with van der Waals surface area (Å²) in [5.74, 6) is 2.10. The Balaban J connectivity index is 1.36. The van der Waals surface area contributed by atoms with E-state index < -0.39 is 0 Å². The van der Waals surface area contributed by atoms with E-state index in [-0.39, 0.29) is 23.9 Å². The number of amides is 2. The summed E-state index contributed by atoms with van der Waals surface area (Å²) < 4.78 is 24.2. The molecule has 0 bridgehead atoms. The summed E-state index contributed by atoms with van der Waals surface area (Å²) in [6.07, 6.45) is 9.51. The zero-order valence-electron chi connectivity index (χ0n) is 32.4. The molecule has 2 amide bonds. The van der Waals surface area contributed by atoms with Gasteiger partial charge in [-0.1, -0.05) is 19.9 Å². The van der Waals surface area contributed by atoms with Crippen molar-refractivity contribution in [2.24, 2.45) is 4.99 Å². The molecule has 2 aliphatic rings. The second kappa shape index (κ2) is 18.7. The van der Waals surface area contributed by atoms with E-state index >= 15 is 0 Å². The largest absolute Gasteiger partial charge is 0.493 e. The predicted octanol–water partition coefficient (Wildman–Crippen LogP) is 7.89. The average molecular weight is 725 g/mol. The van der Waals surface area contributed by atoms with Crippen molar-refractivity contribution in [3.05, 3.63) is 89.0 Å². The monoisotopic (exact) mass is 724 g/mol. The average Bonchev–Trinajstić information content (AvgIpc) is 3.86. The van der Waals surface area contributed by atoms with Gasteiger partial charge >= 0.3 is 0 Å². The second-order valence-electron chi connectivity index (χ2n) is 13.8. The summed E-state index contributed by atoms with van der Waals surface area (Å²) in [7, 11) is 4.92. The number of rotatable bonds is 17. The topological polar surface area (TPSA) is 93.1 Å². The van der Waals surface area contributed by atoms with E-state index in [2.05, 4.69) is 48.5 Å². The smallest absolute Gasteiger partial charge is 0.254 e. The number of carbonyl (C=O) groups is 2. The Morgan fingerprint density at radius 3 is 2.02 bits per heavy atom. The first-order chi connectivity index (χ1) is 25.7. The molecule has 0 saturated carbocycles. The van der Waals surface area contributed by atoms with Gasteiger partial charge in [-0.25, -0.2) is 0 Å². The summed E-state index contributed by atoms with van der Waals surface area (Å²) in [5, 5.41) is 0. The van der Waals surface area contributed by atoms with Gasteiger partial charge in [-0.15, -0.1) is 6.58 Å². The minimum Gasteiger partial charge on any atom is -0.493 e. The minimum atomic E-state index is -0.0393. The number of benzene rings is 3. The van der Waals surface area contributed by atoms with E-state index in [0.717, 1.165) is 80.5 Å². The van der Waals surface area contributed by atoms with Gasteiger partial charge in [0, 0.05) is 56.3 Å². The van der Waals surface area contributed by atoms with Gasteiger partial charge in [0.05, 0.1) is 26.3 Å². The molecule has 284 valence electrons. The van der Waals surface area contributed by atoms with E-state index in [1.165, 1.54) is 0 Å². The Labute approximate surface area is 315 Å². The lowest BCUT2D eigenvalue weighted by molar-refractivity contribution is 0.0756. The van der Waals surface area contributed by atoms with Crippen LogP contribution in [-0.4, -0.2) is 87.4 Å². The molecule has 0 aromatic heterocycles. The number of nitrogens with zero attached hydrogens (tertiary/aromatic N) is 4. The second-order valence-corrected chi connectivity index (χ2v) is 13.8. The zero-order valence-corrected chi connectivity index (χ0v) is 32.4. The number of hydrogen-bond donors (Lipinski definition) is 0. The van der Waals surface area contributed by atoms with Gasteiger partial charge in [-0.3, -0.25) is 14.6 Å². The Morgan fingerprint density at radius 2 is 1.42 bits per heavy atom. The third kappa shape index (κ3) is 9.33. The normalized spacial score (nSPS) is 16.9. The number of methoxy groups -OCH3 is 2. The highest BCUT2D eigenvalue weighted by Crippen LogP contribution is 2.35. The van der Waals surface area contributed by atoms with Crippen molar-refractivity contribution in [1.82, 2.24) is 9.80 Å². The molecule has 0 spiro atoms. The molecule has 5 rings (SSSR count). The quantitative estimate of drug-likeness (QED) is 0.103. The predicted molar refractivity (Wildman–Crippen MR) is 211 cm³/mol. The molecule has 0 N–H and O–H groups in total. The number of aryl methyl sites for hydroxylation is 1. The van der Waals surface area contributed by atoms with Gasteiger partial charge in [0.25, 0.3) is 11.8 Å². The maximum absolute atomic E-state index is 13.5. The third-order valence-corrected chi connectivity index (χ3v) is 10.0. The Hall–Kier alpha value is -4.99. The molecule has 2 saturated heterocycles. The van der Waals surface area contributed by atoms with Crippen LogP contribution >= 0.6 is 0 Å². The summed E-state index contributed by atoms with van der Waals surface area (Å²) >= 11 is 0. The molecule has 53 heavy (non-hydrogen) atoms. The molecule has 2 heterocycles. The van der Waals surface area contributed by atoms with Crippen LogP contribution in [0.2, 0.25) is 0 Å². The first-order valence-corrected chi connectivity index (χ1v) is 18.9. The number of anilines is 1. The summed E-state index contributed by atoms with van der Waals surface area (Å²) in [5.41, 5.74) is 5.05. The molecule has 2 fully saturated rings. The van der Waals surface area contributed by atoms with Crippen molar-refractivity contribution in [1.29, 1.82) is 0 Å². The van der Waals surface area contributed by atoms with E-state index in [1.807, 2.05) is 41.1 Å². The Bertz CT molecular complexity index is 1770. The highest BCUT2D eigenvalue weighted by atomic mass is 16.5. The number of carbonyl (C=O) groups excluding carboxylic acids is 2. The van der Waals surface area contributed by atoms with E-state index in [9.17, 15) is 9.59 Å². The van der Waals surface area contributed by atoms with Crippen LogP contribution < -0.4 is 23.8 Å². The molecular weight excluding hydrogens is 668 g/mol. The maximum Gasteiger partial charge on any atom is 0.254 e. The summed E-state index contributed by atoms with van der Waals surface area (Å²) in [6.45, 7) is 14.1. The molecule has 2 aliphatic heterocycles. The van der Waals surface area contributed by atoms with Crippen LogP contribution in [0.4, 0.5) is 5.69 Å². The van der Waals surface area contributed by atoms with Crippen LogP contribution in [-0.2, 0) is 13.2 Å². The number of hydrogen-bond acceptors (Lipinski definition) is 8. The molecular formula is C43H56N4O6. The fourth-order valence-corrected chi connectivity index (χ4v) is 7.39. The Kier molecular flexibility index (Phi) is 13.8. The lowest BCUT2D eigenvalue weighted by Gasteiger charge is -2.25. The van der Waals surface area contributed by atoms with E-state index in [1.54, 1.807) is 39.5 Å². The number of ether oxygens (including phenoxy) is 4. The molecule has 3 aromatic rings. The molecule has 10 heteroatoms. The van der Waals surface area contributed by atoms with Crippen LogP contribution in [0.5, 0.6) is 23.0 Å². The highest BCUT2D eigenvalue weighted by Gasteiger charge is 2.30. The van der Waals surface area contributed by atoms with Crippen molar-refractivity contribution in [2.45, 2.75) is 84.6 Å². The van der Waals surface area contributed by atoms with Gasteiger partial charge in [-0.2, -0.15) is 0 Å². The van der Waals surface area contributed by atoms with Crippen LogP contribution in [0.15, 0.2) is 66.2 Å². The maximum atomic E-state index is 13.5. The fourth-order valence-electron chi connectivity index (χ4n) is 7.39. The molecule has 0 aliphatic carbocycles. The standard InChI is InChI=1S/C43H56N4O6/c1-8-17-45(18-9-2)36-23-31(28-52-38-16-15-33(25-39(38)50-6)42(48)47-20-12-14-35(47)27-44-5)22-32(24-36)29-53-41-21-30(4)37(26-40(41)51-7)43(49)46-19-11-13-34(46)10-3/h10,15-16,21-27,34-35H,3,8-9,11-14,17-20,28-29H2,1-2,4-7H3. The lowest BCUT2D eigenvalue weighted by Crippen LogP contribution is -2.36. The highest BCUT2D eigenvalue weighted by molar-refractivity contribution is 5.97. The van der Waals surface area contributed by atoms with E-state index in [4.69, 9.17) is 18.9 Å². The van der Waals surface area contributed by atoms with Crippen molar-refractivity contribution >= 4 is 23.7 Å². The molecule has 10 nitrogen and oxygen atoms in total. The molecule has 3 aromatic carbocycles. The van der Waals surface area contributed by atoms with Gasteiger partial charge in [0.2, 0.25) is 0 Å².